The summed E-state index contributed by atoms with van der Waals surface area (Å²) >= 11 is 0. The molecule has 4 N–H and O–H groups in total. The van der Waals surface area contributed by atoms with E-state index in [2.05, 4.69) is 0 Å². The average Bonchev–Trinajstić information content (AvgIpc) is 2.29. The van der Waals surface area contributed by atoms with Gasteiger partial charge in [0, 0.05) is 6.42 Å². The SMILES string of the molecule is C[C@@](O)(CC(O)c1ccc2c(c1)CC2)C(O)CO. The quantitative estimate of drug-likeness (QED) is 0.608. The molecule has 0 aromatic heterocycles. The first-order chi connectivity index (χ1) is 8.44. The maximum Gasteiger partial charge on any atom is 0.105 e. The maximum atomic E-state index is 10.1. The Balaban J connectivity index is 2.07. The largest absolute Gasteiger partial charge is 0.394 e. The fraction of sp³-hybridized carbons (Fsp3) is 0.571. The number of hydrogen-bond acceptors (Lipinski definition) is 4. The summed E-state index contributed by atoms with van der Waals surface area (Å²) in [4.78, 5) is 0. The highest BCUT2D eigenvalue weighted by Gasteiger charge is 2.33. The summed E-state index contributed by atoms with van der Waals surface area (Å²) < 4.78 is 0. The molecule has 2 unspecified atom stereocenters. The second kappa shape index (κ2) is 4.97. The van der Waals surface area contributed by atoms with Crippen LogP contribution in [0, 0.1) is 0 Å². The van der Waals surface area contributed by atoms with Crippen LogP contribution in [0.5, 0.6) is 0 Å². The lowest BCUT2D eigenvalue weighted by molar-refractivity contribution is -0.104. The van der Waals surface area contributed by atoms with Crippen LogP contribution in [-0.4, -0.2) is 38.7 Å². The first kappa shape index (κ1) is 13.5. The highest BCUT2D eigenvalue weighted by Crippen LogP contribution is 2.30. The Kier molecular flexibility index (Phi) is 3.73. The van der Waals surface area contributed by atoms with Crippen LogP contribution in [0.2, 0.25) is 0 Å². The van der Waals surface area contributed by atoms with Gasteiger partial charge >= 0.3 is 0 Å². The predicted octanol–water partition coefficient (Wildman–Crippen LogP) is 0.313. The second-order valence-electron chi connectivity index (χ2n) is 5.30. The number of rotatable bonds is 5. The molecule has 1 aliphatic carbocycles. The van der Waals surface area contributed by atoms with E-state index in [4.69, 9.17) is 5.11 Å². The van der Waals surface area contributed by atoms with E-state index in [1.807, 2.05) is 18.2 Å². The molecule has 0 spiro atoms. The van der Waals surface area contributed by atoms with E-state index in [1.54, 1.807) is 0 Å². The Morgan fingerprint density at radius 1 is 1.22 bits per heavy atom. The van der Waals surface area contributed by atoms with Crippen LogP contribution >= 0.6 is 0 Å². The predicted molar refractivity (Wildman–Crippen MR) is 67.1 cm³/mol. The average molecular weight is 252 g/mol. The lowest BCUT2D eigenvalue weighted by Crippen LogP contribution is -2.42. The van der Waals surface area contributed by atoms with E-state index in [0.29, 0.717) is 0 Å². The molecule has 1 aliphatic rings. The highest BCUT2D eigenvalue weighted by molar-refractivity contribution is 5.39. The summed E-state index contributed by atoms with van der Waals surface area (Å²) in [6.07, 6.45) is 0.0250. The van der Waals surface area contributed by atoms with Crippen LogP contribution in [0.4, 0.5) is 0 Å². The Hall–Kier alpha value is -0.940. The Morgan fingerprint density at radius 3 is 2.39 bits per heavy atom. The van der Waals surface area contributed by atoms with Gasteiger partial charge in [-0.3, -0.25) is 0 Å². The molecule has 0 fully saturated rings. The number of fused-ring (bicyclic) bond motifs is 1. The van der Waals surface area contributed by atoms with Crippen molar-refractivity contribution in [3.8, 4) is 0 Å². The molecule has 0 aliphatic heterocycles. The van der Waals surface area contributed by atoms with Crippen LogP contribution in [0.3, 0.4) is 0 Å². The van der Waals surface area contributed by atoms with E-state index in [-0.39, 0.29) is 6.42 Å². The molecular formula is C14H20O4. The van der Waals surface area contributed by atoms with Gasteiger partial charge in [-0.25, -0.2) is 0 Å². The minimum absolute atomic E-state index is 0.00644. The zero-order chi connectivity index (χ0) is 13.3. The highest BCUT2D eigenvalue weighted by atomic mass is 16.4. The van der Waals surface area contributed by atoms with Crippen molar-refractivity contribution >= 4 is 0 Å². The van der Waals surface area contributed by atoms with Crippen molar-refractivity contribution in [3.05, 3.63) is 34.9 Å². The van der Waals surface area contributed by atoms with Gasteiger partial charge in [0.05, 0.1) is 18.3 Å². The fourth-order valence-corrected chi connectivity index (χ4v) is 2.26. The van der Waals surface area contributed by atoms with Gasteiger partial charge < -0.3 is 20.4 Å². The summed E-state index contributed by atoms with van der Waals surface area (Å²) in [5.74, 6) is 0. The fourth-order valence-electron chi connectivity index (χ4n) is 2.26. The normalized spacial score (nSPS) is 20.5. The monoisotopic (exact) mass is 252 g/mol. The van der Waals surface area contributed by atoms with Crippen LogP contribution in [0.1, 0.15) is 36.1 Å². The minimum Gasteiger partial charge on any atom is -0.394 e. The van der Waals surface area contributed by atoms with Gasteiger partial charge in [0.15, 0.2) is 0 Å². The van der Waals surface area contributed by atoms with Gasteiger partial charge in [-0.05, 0) is 36.5 Å². The molecule has 0 saturated heterocycles. The van der Waals surface area contributed by atoms with Crippen LogP contribution in [-0.2, 0) is 12.8 Å². The van der Waals surface area contributed by atoms with Gasteiger partial charge in [-0.1, -0.05) is 18.2 Å². The zero-order valence-corrected chi connectivity index (χ0v) is 10.5. The zero-order valence-electron chi connectivity index (χ0n) is 10.5. The third-order valence-electron chi connectivity index (χ3n) is 3.78. The van der Waals surface area contributed by atoms with Gasteiger partial charge in [0.2, 0.25) is 0 Å². The molecule has 0 saturated carbocycles. The van der Waals surface area contributed by atoms with Gasteiger partial charge in [-0.15, -0.1) is 0 Å². The summed E-state index contributed by atoms with van der Waals surface area (Å²) in [6, 6.07) is 5.80. The van der Waals surface area contributed by atoms with E-state index >= 15 is 0 Å². The first-order valence-electron chi connectivity index (χ1n) is 6.25. The third kappa shape index (κ3) is 2.57. The topological polar surface area (TPSA) is 80.9 Å². The molecule has 0 bridgehead atoms. The summed E-state index contributed by atoms with van der Waals surface area (Å²) in [5, 5.41) is 38.4. The smallest absolute Gasteiger partial charge is 0.105 e. The molecule has 18 heavy (non-hydrogen) atoms. The standard InChI is InChI=1S/C14H20O4/c1-14(18,13(17)8-15)7-12(16)11-5-3-9-2-4-10(9)6-11/h3,5-6,12-13,15-18H,2,4,7-8H2,1H3/t12?,13?,14-/m1/s1. The summed E-state index contributed by atoms with van der Waals surface area (Å²) in [7, 11) is 0. The molecule has 0 radical (unpaired) electrons. The molecule has 4 heteroatoms. The van der Waals surface area contributed by atoms with Crippen molar-refractivity contribution in [2.24, 2.45) is 0 Å². The van der Waals surface area contributed by atoms with E-state index < -0.39 is 24.4 Å². The Labute approximate surface area is 107 Å². The van der Waals surface area contributed by atoms with Crippen molar-refractivity contribution < 1.29 is 20.4 Å². The molecule has 2 rings (SSSR count). The number of aliphatic hydroxyl groups excluding tert-OH is 3. The van der Waals surface area contributed by atoms with Gasteiger partial charge in [0.1, 0.15) is 6.10 Å². The Morgan fingerprint density at radius 2 is 1.89 bits per heavy atom. The molecule has 4 nitrogen and oxygen atoms in total. The van der Waals surface area contributed by atoms with Crippen LogP contribution in [0.15, 0.2) is 18.2 Å². The second-order valence-corrected chi connectivity index (χ2v) is 5.30. The molecule has 1 aromatic carbocycles. The van der Waals surface area contributed by atoms with Gasteiger partial charge in [-0.2, -0.15) is 0 Å². The lowest BCUT2D eigenvalue weighted by atomic mass is 9.84. The van der Waals surface area contributed by atoms with Crippen molar-refractivity contribution in [1.29, 1.82) is 0 Å². The molecular weight excluding hydrogens is 232 g/mol. The maximum absolute atomic E-state index is 10.1. The van der Waals surface area contributed by atoms with E-state index in [1.165, 1.54) is 18.1 Å². The molecule has 3 atom stereocenters. The molecule has 0 heterocycles. The minimum atomic E-state index is -1.50. The molecule has 100 valence electrons. The van der Waals surface area contributed by atoms with E-state index in [9.17, 15) is 15.3 Å². The number of hydrogen-bond donors (Lipinski definition) is 4. The lowest BCUT2D eigenvalue weighted by Gasteiger charge is -2.30. The van der Waals surface area contributed by atoms with Crippen molar-refractivity contribution in [2.75, 3.05) is 6.61 Å². The van der Waals surface area contributed by atoms with Crippen molar-refractivity contribution in [1.82, 2.24) is 0 Å². The van der Waals surface area contributed by atoms with Crippen LogP contribution in [0.25, 0.3) is 0 Å². The molecule has 1 aromatic rings. The van der Waals surface area contributed by atoms with Crippen molar-refractivity contribution in [3.63, 3.8) is 0 Å². The van der Waals surface area contributed by atoms with E-state index in [0.717, 1.165) is 18.4 Å². The Bertz CT molecular complexity index is 428. The first-order valence-corrected chi connectivity index (χ1v) is 6.25. The molecule has 0 amide bonds. The number of aliphatic hydroxyl groups is 4. The van der Waals surface area contributed by atoms with Crippen LogP contribution < -0.4 is 0 Å². The summed E-state index contributed by atoms with van der Waals surface area (Å²) in [5.41, 5.74) is 1.80. The number of benzene rings is 1. The van der Waals surface area contributed by atoms with Gasteiger partial charge in [0.25, 0.3) is 0 Å². The summed E-state index contributed by atoms with van der Waals surface area (Å²) in [6.45, 7) is 0.891. The number of aryl methyl sites for hydroxylation is 2. The van der Waals surface area contributed by atoms with Crippen molar-refractivity contribution in [2.45, 2.75) is 44.0 Å². The third-order valence-corrected chi connectivity index (χ3v) is 3.78.